The highest BCUT2D eigenvalue weighted by Crippen LogP contribution is 2.26. The highest BCUT2D eigenvalue weighted by Gasteiger charge is 2.31. The lowest BCUT2D eigenvalue weighted by atomic mass is 9.90. The lowest BCUT2D eigenvalue weighted by Gasteiger charge is -2.37. The molecule has 0 aromatic carbocycles. The minimum atomic E-state index is 0.144. The number of likely N-dealkylation sites (tertiary alicyclic amines) is 1. The molecule has 2 aliphatic heterocycles. The summed E-state index contributed by atoms with van der Waals surface area (Å²) in [6, 6.07) is 1.75. The molecule has 2 aliphatic rings. The lowest BCUT2D eigenvalue weighted by molar-refractivity contribution is -0.137. The molecule has 1 N–H and O–H groups in total. The molecule has 0 bridgehead atoms. The average Bonchev–Trinajstić information content (AvgIpc) is 2.72. The summed E-state index contributed by atoms with van der Waals surface area (Å²) in [5.74, 6) is 2.53. The van der Waals surface area contributed by atoms with Crippen molar-refractivity contribution in [3.05, 3.63) is 12.3 Å². The second kappa shape index (κ2) is 9.16. The van der Waals surface area contributed by atoms with Crippen LogP contribution in [-0.2, 0) is 4.79 Å². The van der Waals surface area contributed by atoms with Crippen molar-refractivity contribution < 1.29 is 9.53 Å². The van der Waals surface area contributed by atoms with E-state index in [1.54, 1.807) is 19.4 Å². The van der Waals surface area contributed by atoms with Crippen LogP contribution in [0.4, 0.5) is 5.95 Å². The number of carbonyl (C=O) groups is 1. The summed E-state index contributed by atoms with van der Waals surface area (Å²) < 4.78 is 5.17. The zero-order valence-corrected chi connectivity index (χ0v) is 16.0. The Morgan fingerprint density at radius 3 is 2.62 bits per heavy atom. The van der Waals surface area contributed by atoms with Crippen LogP contribution in [0.2, 0.25) is 0 Å². The molecule has 0 atom stereocenters. The van der Waals surface area contributed by atoms with Gasteiger partial charge in [-0.2, -0.15) is 4.98 Å². The number of rotatable bonds is 6. The van der Waals surface area contributed by atoms with Gasteiger partial charge in [-0.05, 0) is 51.6 Å². The largest absolute Gasteiger partial charge is 0.481 e. The summed E-state index contributed by atoms with van der Waals surface area (Å²) in [4.78, 5) is 25.8. The van der Waals surface area contributed by atoms with E-state index < -0.39 is 0 Å². The Kier molecular flexibility index (Phi) is 6.66. The van der Waals surface area contributed by atoms with Gasteiger partial charge in [0, 0.05) is 44.4 Å². The van der Waals surface area contributed by atoms with Crippen LogP contribution >= 0.6 is 0 Å². The molecule has 144 valence electrons. The molecule has 0 spiro atoms. The minimum Gasteiger partial charge on any atom is -0.481 e. The maximum Gasteiger partial charge on any atom is 0.228 e. The topological polar surface area (TPSA) is 70.6 Å². The Labute approximate surface area is 156 Å². The van der Waals surface area contributed by atoms with Crippen molar-refractivity contribution in [3.8, 4) is 5.88 Å². The molecule has 0 radical (unpaired) electrons. The van der Waals surface area contributed by atoms with Gasteiger partial charge in [0.2, 0.25) is 17.7 Å². The van der Waals surface area contributed by atoms with Crippen LogP contribution in [0.3, 0.4) is 0 Å². The first kappa shape index (κ1) is 18.9. The third-order valence-electron chi connectivity index (χ3n) is 5.68. The number of nitrogens with zero attached hydrogens (tertiary/aromatic N) is 4. The third kappa shape index (κ3) is 4.63. The molecule has 2 saturated heterocycles. The first-order valence-corrected chi connectivity index (χ1v) is 9.76. The fourth-order valence-electron chi connectivity index (χ4n) is 3.97. The summed E-state index contributed by atoms with van der Waals surface area (Å²) in [5, 5.41) is 3.22. The van der Waals surface area contributed by atoms with Gasteiger partial charge < -0.3 is 19.9 Å². The predicted molar refractivity (Wildman–Crippen MR) is 101 cm³/mol. The van der Waals surface area contributed by atoms with E-state index in [1.165, 1.54) is 6.42 Å². The maximum absolute atomic E-state index is 12.9. The maximum atomic E-state index is 12.9. The van der Waals surface area contributed by atoms with Crippen molar-refractivity contribution in [3.63, 3.8) is 0 Å². The van der Waals surface area contributed by atoms with Gasteiger partial charge in [0.05, 0.1) is 7.11 Å². The highest BCUT2D eigenvalue weighted by atomic mass is 16.5. The van der Waals surface area contributed by atoms with Crippen LogP contribution in [0, 0.1) is 11.8 Å². The molecule has 0 saturated carbocycles. The van der Waals surface area contributed by atoms with Crippen molar-refractivity contribution in [1.82, 2.24) is 20.2 Å². The van der Waals surface area contributed by atoms with Crippen molar-refractivity contribution in [1.29, 1.82) is 0 Å². The van der Waals surface area contributed by atoms with Gasteiger partial charge >= 0.3 is 0 Å². The zero-order chi connectivity index (χ0) is 18.4. The predicted octanol–water partition coefficient (Wildman–Crippen LogP) is 1.55. The number of nitrogens with one attached hydrogen (secondary N) is 1. The average molecular weight is 361 g/mol. The van der Waals surface area contributed by atoms with Gasteiger partial charge in [0.15, 0.2) is 0 Å². The monoisotopic (exact) mass is 361 g/mol. The first-order valence-electron chi connectivity index (χ1n) is 9.76. The van der Waals surface area contributed by atoms with E-state index in [2.05, 4.69) is 25.1 Å². The Hall–Kier alpha value is -1.89. The molecule has 7 nitrogen and oxygen atoms in total. The van der Waals surface area contributed by atoms with Crippen molar-refractivity contribution in [2.24, 2.45) is 11.8 Å². The smallest absolute Gasteiger partial charge is 0.228 e. The van der Waals surface area contributed by atoms with Gasteiger partial charge in [-0.15, -0.1) is 0 Å². The van der Waals surface area contributed by atoms with E-state index in [0.717, 1.165) is 64.3 Å². The number of hydrogen-bond acceptors (Lipinski definition) is 6. The fraction of sp³-hybridized carbons (Fsp3) is 0.737. The molecule has 1 aromatic rings. The molecule has 0 aliphatic carbocycles. The van der Waals surface area contributed by atoms with Crippen LogP contribution < -0.4 is 15.0 Å². The van der Waals surface area contributed by atoms with Gasteiger partial charge in [0.25, 0.3) is 0 Å². The van der Waals surface area contributed by atoms with E-state index in [-0.39, 0.29) is 5.92 Å². The molecule has 1 aromatic heterocycles. The molecule has 2 fully saturated rings. The van der Waals surface area contributed by atoms with E-state index in [1.807, 2.05) is 7.05 Å². The Balaban J connectivity index is 1.46. The van der Waals surface area contributed by atoms with Gasteiger partial charge in [-0.25, -0.2) is 4.98 Å². The molecule has 26 heavy (non-hydrogen) atoms. The van der Waals surface area contributed by atoms with Crippen LogP contribution in [0.15, 0.2) is 12.3 Å². The third-order valence-corrected chi connectivity index (χ3v) is 5.68. The number of carbonyl (C=O) groups excluding carboxylic acids is 1. The van der Waals surface area contributed by atoms with Crippen molar-refractivity contribution in [2.45, 2.75) is 32.1 Å². The van der Waals surface area contributed by atoms with Crippen LogP contribution in [0.5, 0.6) is 5.88 Å². The van der Waals surface area contributed by atoms with Gasteiger partial charge in [0.1, 0.15) is 0 Å². The molecule has 3 rings (SSSR count). The fourth-order valence-corrected chi connectivity index (χ4v) is 3.97. The number of ether oxygens (including phenoxy) is 1. The highest BCUT2D eigenvalue weighted by molar-refractivity contribution is 5.79. The van der Waals surface area contributed by atoms with Crippen LogP contribution in [0.1, 0.15) is 32.1 Å². The second-order valence-electron chi connectivity index (χ2n) is 7.32. The van der Waals surface area contributed by atoms with Gasteiger partial charge in [-0.3, -0.25) is 4.79 Å². The van der Waals surface area contributed by atoms with E-state index >= 15 is 0 Å². The quantitative estimate of drug-likeness (QED) is 0.829. The number of amides is 1. The summed E-state index contributed by atoms with van der Waals surface area (Å²) in [7, 11) is 3.61. The summed E-state index contributed by atoms with van der Waals surface area (Å²) >= 11 is 0. The SMILES string of the molecule is CNCCC1CCN(C(=O)C2CCN(c3nccc(OC)n3)CC2)CC1. The number of piperidine rings is 2. The standard InChI is InChI=1S/C19H31N5O2/c1-20-9-3-15-5-11-23(12-6-15)18(25)16-7-13-24(14-8-16)19-21-10-4-17(22-19)26-2/h4,10,15-16,20H,3,5-9,11-14H2,1-2H3. The Morgan fingerprint density at radius 2 is 1.96 bits per heavy atom. The molecule has 0 unspecified atom stereocenters. The number of anilines is 1. The number of methoxy groups -OCH3 is 1. The summed E-state index contributed by atoms with van der Waals surface area (Å²) in [6.07, 6.45) is 6.97. The second-order valence-corrected chi connectivity index (χ2v) is 7.32. The van der Waals surface area contributed by atoms with E-state index in [0.29, 0.717) is 17.7 Å². The van der Waals surface area contributed by atoms with Crippen LogP contribution in [-0.4, -0.2) is 67.7 Å². The van der Waals surface area contributed by atoms with Gasteiger partial charge in [-0.1, -0.05) is 0 Å². The summed E-state index contributed by atoms with van der Waals surface area (Å²) in [6.45, 7) is 4.56. The van der Waals surface area contributed by atoms with E-state index in [9.17, 15) is 4.79 Å². The summed E-state index contributed by atoms with van der Waals surface area (Å²) in [5.41, 5.74) is 0. The first-order chi connectivity index (χ1) is 12.7. The van der Waals surface area contributed by atoms with Crippen LogP contribution in [0.25, 0.3) is 0 Å². The van der Waals surface area contributed by atoms with Crippen molar-refractivity contribution in [2.75, 3.05) is 51.8 Å². The Morgan fingerprint density at radius 1 is 1.23 bits per heavy atom. The molecular weight excluding hydrogens is 330 g/mol. The number of aromatic nitrogens is 2. The zero-order valence-electron chi connectivity index (χ0n) is 16.0. The molecule has 3 heterocycles. The molecule has 7 heteroatoms. The number of hydrogen-bond donors (Lipinski definition) is 1. The lowest BCUT2D eigenvalue weighted by Crippen LogP contribution is -2.46. The molecule has 1 amide bonds. The minimum absolute atomic E-state index is 0.144. The van der Waals surface area contributed by atoms with Crippen molar-refractivity contribution >= 4 is 11.9 Å². The van der Waals surface area contributed by atoms with E-state index in [4.69, 9.17) is 4.74 Å². The normalized spacial score (nSPS) is 19.6. The molecular formula is C19H31N5O2. The Bertz CT molecular complexity index is 581.